The van der Waals surface area contributed by atoms with E-state index in [1.807, 2.05) is 0 Å². The third-order valence-corrected chi connectivity index (χ3v) is 4.38. The molecule has 6 nitrogen and oxygen atoms in total. The van der Waals surface area contributed by atoms with Gasteiger partial charge in [-0.2, -0.15) is 0 Å². The van der Waals surface area contributed by atoms with Crippen molar-refractivity contribution in [3.63, 3.8) is 0 Å². The normalized spacial score (nSPS) is 12.3. The van der Waals surface area contributed by atoms with E-state index in [2.05, 4.69) is 10.0 Å². The second-order valence-corrected chi connectivity index (χ2v) is 7.39. The van der Waals surface area contributed by atoms with Crippen LogP contribution in [0.2, 0.25) is 0 Å². The van der Waals surface area contributed by atoms with Gasteiger partial charge in [-0.05, 0) is 33.9 Å². The summed E-state index contributed by atoms with van der Waals surface area (Å²) in [6.45, 7) is 5.85. The van der Waals surface area contributed by atoms with Gasteiger partial charge in [-0.25, -0.2) is 13.1 Å². The first-order valence-electron chi connectivity index (χ1n) is 6.58. The Balaban J connectivity index is 3.41. The summed E-state index contributed by atoms with van der Waals surface area (Å²) in [5.41, 5.74) is 0.156. The minimum Gasteiger partial charge on any atom is -0.493 e. The number of rotatable bonds is 6. The average molecular weight is 316 g/mol. The quantitative estimate of drug-likeness (QED) is 0.832. The fourth-order valence-electron chi connectivity index (χ4n) is 1.95. The van der Waals surface area contributed by atoms with Crippen LogP contribution in [0.5, 0.6) is 11.5 Å². The number of methoxy groups -OCH3 is 2. The summed E-state index contributed by atoms with van der Waals surface area (Å²) >= 11 is 0. The lowest BCUT2D eigenvalue weighted by Crippen LogP contribution is -2.40. The van der Waals surface area contributed by atoms with Gasteiger partial charge in [0.2, 0.25) is 10.0 Å². The van der Waals surface area contributed by atoms with Crippen LogP contribution in [0.4, 0.5) is 0 Å². The predicted molar refractivity (Wildman–Crippen MR) is 82.4 cm³/mol. The summed E-state index contributed by atoms with van der Waals surface area (Å²) in [4.78, 5) is 0.153. The molecule has 0 amide bonds. The van der Waals surface area contributed by atoms with Gasteiger partial charge in [-0.1, -0.05) is 0 Å². The topological polar surface area (TPSA) is 76.7 Å². The minimum absolute atomic E-state index is 0.153. The van der Waals surface area contributed by atoms with Gasteiger partial charge in [0.1, 0.15) is 0 Å². The molecule has 0 fully saturated rings. The van der Waals surface area contributed by atoms with Gasteiger partial charge in [-0.3, -0.25) is 0 Å². The Morgan fingerprint density at radius 3 is 2.19 bits per heavy atom. The number of nitrogens with one attached hydrogen (secondary N) is 2. The highest BCUT2D eigenvalue weighted by Gasteiger charge is 2.24. The maximum absolute atomic E-state index is 12.4. The van der Waals surface area contributed by atoms with Crippen LogP contribution in [0.3, 0.4) is 0 Å². The Kier molecular flexibility index (Phi) is 5.61. The number of ether oxygens (including phenoxy) is 2. The molecule has 0 heterocycles. The first kappa shape index (κ1) is 17.7. The summed E-state index contributed by atoms with van der Waals surface area (Å²) < 4.78 is 38.1. The zero-order valence-electron chi connectivity index (χ0n) is 13.4. The molecule has 1 aromatic carbocycles. The molecule has 0 aliphatic carbocycles. The third-order valence-electron chi connectivity index (χ3n) is 2.65. The summed E-state index contributed by atoms with van der Waals surface area (Å²) in [7, 11) is 1.16. The maximum Gasteiger partial charge on any atom is 0.241 e. The van der Waals surface area contributed by atoms with Crippen molar-refractivity contribution in [2.75, 3.05) is 21.3 Å². The Labute approximate surface area is 126 Å². The zero-order valence-corrected chi connectivity index (χ0v) is 14.2. The van der Waals surface area contributed by atoms with Gasteiger partial charge < -0.3 is 14.8 Å². The van der Waals surface area contributed by atoms with Gasteiger partial charge in [0.25, 0.3) is 0 Å². The van der Waals surface area contributed by atoms with Crippen molar-refractivity contribution < 1.29 is 17.9 Å². The molecule has 7 heteroatoms. The van der Waals surface area contributed by atoms with Crippen molar-refractivity contribution in [1.82, 2.24) is 10.0 Å². The molecule has 21 heavy (non-hydrogen) atoms. The van der Waals surface area contributed by atoms with Crippen LogP contribution in [0.25, 0.3) is 0 Å². The molecule has 0 atom stereocenters. The van der Waals surface area contributed by atoms with Gasteiger partial charge in [0, 0.05) is 23.7 Å². The van der Waals surface area contributed by atoms with Crippen LogP contribution in [0.1, 0.15) is 26.3 Å². The van der Waals surface area contributed by atoms with E-state index in [1.54, 1.807) is 33.9 Å². The van der Waals surface area contributed by atoms with E-state index in [-0.39, 0.29) is 4.90 Å². The minimum atomic E-state index is -3.63. The molecule has 0 saturated heterocycles. The van der Waals surface area contributed by atoms with E-state index >= 15 is 0 Å². The van der Waals surface area contributed by atoms with E-state index < -0.39 is 15.6 Å². The highest BCUT2D eigenvalue weighted by molar-refractivity contribution is 7.89. The van der Waals surface area contributed by atoms with Gasteiger partial charge in [-0.15, -0.1) is 0 Å². The molecule has 0 spiro atoms. The standard InChI is InChI=1S/C14H24N2O4S/c1-14(2,3)16-21(17,18)11-7-10(9-15-4)13(20-6)12(8-11)19-5/h7-8,15-16H,9H2,1-6H3. The Morgan fingerprint density at radius 2 is 1.76 bits per heavy atom. The molecule has 0 aliphatic heterocycles. The molecule has 1 aromatic rings. The Hall–Kier alpha value is -1.31. The SMILES string of the molecule is CNCc1cc(S(=O)(=O)NC(C)(C)C)cc(OC)c1OC. The second-order valence-electron chi connectivity index (χ2n) is 5.70. The molecule has 0 unspecified atom stereocenters. The number of hydrogen-bond donors (Lipinski definition) is 2. The van der Waals surface area contributed by atoms with Crippen molar-refractivity contribution in [2.24, 2.45) is 0 Å². The van der Waals surface area contributed by atoms with Gasteiger partial charge in [0.15, 0.2) is 11.5 Å². The van der Waals surface area contributed by atoms with Crippen LogP contribution >= 0.6 is 0 Å². The predicted octanol–water partition coefficient (Wildman–Crippen LogP) is 1.50. The van der Waals surface area contributed by atoms with Crippen molar-refractivity contribution >= 4 is 10.0 Å². The smallest absolute Gasteiger partial charge is 0.241 e. The molecular formula is C14H24N2O4S. The van der Waals surface area contributed by atoms with Crippen LogP contribution in [0.15, 0.2) is 17.0 Å². The lowest BCUT2D eigenvalue weighted by Gasteiger charge is -2.21. The van der Waals surface area contributed by atoms with Crippen LogP contribution in [-0.2, 0) is 16.6 Å². The van der Waals surface area contributed by atoms with Gasteiger partial charge in [0.05, 0.1) is 19.1 Å². The molecule has 2 N–H and O–H groups in total. The maximum atomic E-state index is 12.4. The van der Waals surface area contributed by atoms with E-state index in [0.29, 0.717) is 23.6 Å². The third kappa shape index (κ3) is 4.59. The average Bonchev–Trinajstić information content (AvgIpc) is 2.35. The molecule has 0 aromatic heterocycles. The zero-order chi connectivity index (χ0) is 16.3. The van der Waals surface area contributed by atoms with Crippen molar-refractivity contribution in [3.8, 4) is 11.5 Å². The van der Waals surface area contributed by atoms with Crippen molar-refractivity contribution in [3.05, 3.63) is 17.7 Å². The molecule has 0 radical (unpaired) electrons. The summed E-state index contributed by atoms with van der Waals surface area (Å²) in [5, 5.41) is 2.99. The van der Waals surface area contributed by atoms with E-state index in [4.69, 9.17) is 9.47 Å². The molecular weight excluding hydrogens is 292 g/mol. The van der Waals surface area contributed by atoms with E-state index in [9.17, 15) is 8.42 Å². The highest BCUT2D eigenvalue weighted by atomic mass is 32.2. The fourth-order valence-corrected chi connectivity index (χ4v) is 3.44. The largest absolute Gasteiger partial charge is 0.493 e. The molecule has 0 saturated carbocycles. The fraction of sp³-hybridized carbons (Fsp3) is 0.571. The first-order valence-corrected chi connectivity index (χ1v) is 8.06. The summed E-state index contributed by atoms with van der Waals surface area (Å²) in [5.74, 6) is 0.918. The second kappa shape index (κ2) is 6.64. The molecule has 0 aliphatic rings. The van der Waals surface area contributed by atoms with E-state index in [1.165, 1.54) is 20.3 Å². The number of sulfonamides is 1. The Bertz CT molecular complexity index is 592. The number of benzene rings is 1. The van der Waals surface area contributed by atoms with E-state index in [0.717, 1.165) is 0 Å². The monoisotopic (exact) mass is 316 g/mol. The first-order chi connectivity index (χ1) is 9.64. The van der Waals surface area contributed by atoms with Crippen molar-refractivity contribution in [2.45, 2.75) is 37.8 Å². The lowest BCUT2D eigenvalue weighted by atomic mass is 10.1. The van der Waals surface area contributed by atoms with Crippen LogP contribution in [0, 0.1) is 0 Å². The summed E-state index contributed by atoms with van der Waals surface area (Å²) in [6.07, 6.45) is 0. The van der Waals surface area contributed by atoms with Gasteiger partial charge >= 0.3 is 0 Å². The summed E-state index contributed by atoms with van der Waals surface area (Å²) in [6, 6.07) is 3.05. The molecule has 1 rings (SSSR count). The Morgan fingerprint density at radius 1 is 1.14 bits per heavy atom. The van der Waals surface area contributed by atoms with Crippen LogP contribution in [-0.4, -0.2) is 35.2 Å². The van der Waals surface area contributed by atoms with Crippen molar-refractivity contribution in [1.29, 1.82) is 0 Å². The molecule has 0 bridgehead atoms. The number of hydrogen-bond acceptors (Lipinski definition) is 5. The van der Waals surface area contributed by atoms with Crippen LogP contribution < -0.4 is 19.5 Å². The molecule has 120 valence electrons. The highest BCUT2D eigenvalue weighted by Crippen LogP contribution is 2.34. The lowest BCUT2D eigenvalue weighted by molar-refractivity contribution is 0.349.